The van der Waals surface area contributed by atoms with Gasteiger partial charge in [0.25, 0.3) is 0 Å². The van der Waals surface area contributed by atoms with Crippen LogP contribution in [0.1, 0.15) is 17.7 Å². The number of benzene rings is 1. The number of halogens is 1. The van der Waals surface area contributed by atoms with Crippen LogP contribution in [0.4, 0.5) is 0 Å². The van der Waals surface area contributed by atoms with E-state index in [0.29, 0.717) is 0 Å². The molecule has 0 aliphatic rings. The van der Waals surface area contributed by atoms with Crippen molar-refractivity contribution in [3.05, 3.63) is 40.6 Å². The summed E-state index contributed by atoms with van der Waals surface area (Å²) < 4.78 is 6.03. The number of hydrogen-bond acceptors (Lipinski definition) is 5. The van der Waals surface area contributed by atoms with Gasteiger partial charge in [0.2, 0.25) is 0 Å². The normalized spacial score (nSPS) is 14.5. The molecular formula is C11H12BrN3S2. The molecule has 0 radical (unpaired) electrons. The van der Waals surface area contributed by atoms with Gasteiger partial charge in [-0.1, -0.05) is 39.8 Å². The molecule has 0 aliphatic heterocycles. The molecule has 6 heteroatoms. The van der Waals surface area contributed by atoms with Crippen molar-refractivity contribution in [1.82, 2.24) is 9.36 Å². The summed E-state index contributed by atoms with van der Waals surface area (Å²) >= 11 is 6.50. The Labute approximate surface area is 117 Å². The van der Waals surface area contributed by atoms with Crippen molar-refractivity contribution >= 4 is 39.2 Å². The van der Waals surface area contributed by atoms with Gasteiger partial charge in [-0.25, -0.2) is 4.98 Å². The average molecular weight is 330 g/mol. The molecule has 0 fully saturated rings. The van der Waals surface area contributed by atoms with Gasteiger partial charge >= 0.3 is 0 Å². The molecule has 3 nitrogen and oxygen atoms in total. The Balaban J connectivity index is 2.20. The number of rotatable bonds is 4. The van der Waals surface area contributed by atoms with E-state index in [1.807, 2.05) is 19.1 Å². The number of thioether (sulfide) groups is 1. The zero-order valence-electron chi connectivity index (χ0n) is 9.21. The van der Waals surface area contributed by atoms with Crippen molar-refractivity contribution in [2.45, 2.75) is 22.6 Å². The Bertz CT molecular complexity index is 456. The molecule has 1 aromatic heterocycles. The van der Waals surface area contributed by atoms with Gasteiger partial charge in [0.05, 0.1) is 5.25 Å². The smallest absolute Gasteiger partial charge is 0.170 e. The summed E-state index contributed by atoms with van der Waals surface area (Å²) in [5.41, 5.74) is 7.26. The number of hydrogen-bond donors (Lipinski definition) is 1. The van der Waals surface area contributed by atoms with E-state index in [1.165, 1.54) is 17.1 Å². The van der Waals surface area contributed by atoms with E-state index in [-0.39, 0.29) is 11.3 Å². The second-order valence-corrected chi connectivity index (χ2v) is 6.74. The fraction of sp³-hybridized carbons (Fsp3) is 0.273. The van der Waals surface area contributed by atoms with Crippen LogP contribution < -0.4 is 5.73 Å². The largest absolute Gasteiger partial charge is 0.327 e. The molecule has 1 heterocycles. The maximum atomic E-state index is 6.05. The molecule has 0 saturated heterocycles. The Morgan fingerprint density at radius 3 is 2.59 bits per heavy atom. The monoisotopic (exact) mass is 329 g/mol. The van der Waals surface area contributed by atoms with Crippen LogP contribution >= 0.6 is 39.2 Å². The summed E-state index contributed by atoms with van der Waals surface area (Å²) in [5, 5.41) is 0.205. The van der Waals surface area contributed by atoms with Gasteiger partial charge in [-0.15, -0.1) is 0 Å². The second kappa shape index (κ2) is 5.95. The zero-order valence-corrected chi connectivity index (χ0v) is 12.4. The Kier molecular flexibility index (Phi) is 4.55. The van der Waals surface area contributed by atoms with Gasteiger partial charge in [-0.2, -0.15) is 4.37 Å². The van der Waals surface area contributed by atoms with Crippen molar-refractivity contribution in [3.8, 4) is 0 Å². The van der Waals surface area contributed by atoms with Crippen LogP contribution in [-0.4, -0.2) is 15.4 Å². The standard InChI is InChI=1S/C11H12BrN3S2/c1-7(13)10(16-11-14-6-15-17-11)8-2-4-9(12)5-3-8/h2-7,10H,13H2,1H3. The average Bonchev–Trinajstić information content (AvgIpc) is 2.80. The maximum Gasteiger partial charge on any atom is 0.170 e. The first-order chi connectivity index (χ1) is 8.16. The van der Waals surface area contributed by atoms with Crippen LogP contribution in [-0.2, 0) is 0 Å². The molecule has 0 bridgehead atoms. The first-order valence-corrected chi connectivity index (χ1v) is 7.56. The Morgan fingerprint density at radius 1 is 1.35 bits per heavy atom. The van der Waals surface area contributed by atoms with Crippen LogP contribution in [0.15, 0.2) is 39.4 Å². The van der Waals surface area contributed by atoms with Gasteiger partial charge in [-0.05, 0) is 36.2 Å². The lowest BCUT2D eigenvalue weighted by Crippen LogP contribution is -2.22. The number of aromatic nitrogens is 2. The lowest BCUT2D eigenvalue weighted by Gasteiger charge is -2.19. The highest BCUT2D eigenvalue weighted by molar-refractivity contribution is 9.10. The van der Waals surface area contributed by atoms with Crippen molar-refractivity contribution in [2.24, 2.45) is 5.73 Å². The van der Waals surface area contributed by atoms with Crippen molar-refractivity contribution in [2.75, 3.05) is 0 Å². The van der Waals surface area contributed by atoms with Crippen LogP contribution in [0, 0.1) is 0 Å². The predicted octanol–water partition coefficient (Wildman–Crippen LogP) is 3.48. The molecule has 2 atom stereocenters. The minimum absolute atomic E-state index is 0.0603. The van der Waals surface area contributed by atoms with E-state index in [4.69, 9.17) is 5.73 Å². The molecule has 0 amide bonds. The number of nitrogens with zero attached hydrogens (tertiary/aromatic N) is 2. The number of nitrogens with two attached hydrogens (primary N) is 1. The summed E-state index contributed by atoms with van der Waals surface area (Å²) in [7, 11) is 0. The molecule has 17 heavy (non-hydrogen) atoms. The molecule has 2 rings (SSSR count). The molecular weight excluding hydrogens is 318 g/mol. The molecule has 2 unspecified atom stereocenters. The van der Waals surface area contributed by atoms with Crippen LogP contribution in [0.5, 0.6) is 0 Å². The van der Waals surface area contributed by atoms with Gasteiger partial charge in [0.15, 0.2) is 4.34 Å². The lowest BCUT2D eigenvalue weighted by molar-refractivity contribution is 0.721. The molecule has 0 saturated carbocycles. The van der Waals surface area contributed by atoms with E-state index in [0.717, 1.165) is 8.81 Å². The van der Waals surface area contributed by atoms with Gasteiger partial charge in [-0.3, -0.25) is 0 Å². The quantitative estimate of drug-likeness (QED) is 0.872. The third kappa shape index (κ3) is 3.51. The van der Waals surface area contributed by atoms with E-state index >= 15 is 0 Å². The minimum Gasteiger partial charge on any atom is -0.327 e. The van der Waals surface area contributed by atoms with Crippen molar-refractivity contribution < 1.29 is 0 Å². The highest BCUT2D eigenvalue weighted by Gasteiger charge is 2.19. The van der Waals surface area contributed by atoms with E-state index < -0.39 is 0 Å². The first kappa shape index (κ1) is 13.0. The van der Waals surface area contributed by atoms with Gasteiger partial charge in [0.1, 0.15) is 6.33 Å². The van der Waals surface area contributed by atoms with Crippen molar-refractivity contribution in [3.63, 3.8) is 0 Å². The molecule has 0 aliphatic carbocycles. The van der Waals surface area contributed by atoms with Gasteiger partial charge in [0, 0.05) is 10.5 Å². The molecule has 0 spiro atoms. The van der Waals surface area contributed by atoms with E-state index in [1.54, 1.807) is 18.1 Å². The van der Waals surface area contributed by atoms with Crippen molar-refractivity contribution in [1.29, 1.82) is 0 Å². The predicted molar refractivity (Wildman–Crippen MR) is 76.3 cm³/mol. The van der Waals surface area contributed by atoms with Gasteiger partial charge < -0.3 is 5.73 Å². The fourth-order valence-electron chi connectivity index (χ4n) is 1.45. The zero-order chi connectivity index (χ0) is 12.3. The maximum absolute atomic E-state index is 6.05. The summed E-state index contributed by atoms with van der Waals surface area (Å²) in [4.78, 5) is 4.19. The second-order valence-electron chi connectivity index (χ2n) is 3.66. The fourth-order valence-corrected chi connectivity index (χ4v) is 3.44. The summed E-state index contributed by atoms with van der Waals surface area (Å²) in [5.74, 6) is 0. The molecule has 1 aromatic carbocycles. The van der Waals surface area contributed by atoms with Crippen LogP contribution in [0.2, 0.25) is 0 Å². The molecule has 90 valence electrons. The SMILES string of the molecule is CC(N)C(Sc1ncns1)c1ccc(Br)cc1. The summed E-state index contributed by atoms with van der Waals surface area (Å²) in [6.45, 7) is 2.01. The van der Waals surface area contributed by atoms with E-state index in [2.05, 4.69) is 37.4 Å². The minimum atomic E-state index is 0.0603. The topological polar surface area (TPSA) is 51.8 Å². The van der Waals surface area contributed by atoms with Crippen LogP contribution in [0.3, 0.4) is 0 Å². The Hall–Kier alpha value is -0.430. The summed E-state index contributed by atoms with van der Waals surface area (Å²) in [6, 6.07) is 8.31. The molecule has 2 N–H and O–H groups in total. The highest BCUT2D eigenvalue weighted by atomic mass is 79.9. The van der Waals surface area contributed by atoms with Crippen LogP contribution in [0.25, 0.3) is 0 Å². The summed E-state index contributed by atoms with van der Waals surface area (Å²) in [6.07, 6.45) is 1.58. The first-order valence-electron chi connectivity index (χ1n) is 5.11. The lowest BCUT2D eigenvalue weighted by atomic mass is 10.1. The van der Waals surface area contributed by atoms with E-state index in [9.17, 15) is 0 Å². The third-order valence-corrected chi connectivity index (χ3v) is 5.01. The molecule has 2 aromatic rings. The third-order valence-electron chi connectivity index (χ3n) is 2.24. The Morgan fingerprint density at radius 2 is 2.06 bits per heavy atom. The highest BCUT2D eigenvalue weighted by Crippen LogP contribution is 2.37.